The lowest BCUT2D eigenvalue weighted by atomic mass is 10.1. The molecular formula is C18H16N4O. The van der Waals surface area contributed by atoms with Gasteiger partial charge in [0.05, 0.1) is 11.4 Å². The van der Waals surface area contributed by atoms with Crippen molar-refractivity contribution in [1.29, 1.82) is 0 Å². The maximum absolute atomic E-state index is 10.4. The van der Waals surface area contributed by atoms with Gasteiger partial charge in [-0.3, -0.25) is 0 Å². The van der Waals surface area contributed by atoms with Gasteiger partial charge >= 0.3 is 0 Å². The molecule has 114 valence electrons. The van der Waals surface area contributed by atoms with Crippen molar-refractivity contribution in [2.45, 2.75) is 6.92 Å². The van der Waals surface area contributed by atoms with Crippen LogP contribution in [0.2, 0.25) is 0 Å². The summed E-state index contributed by atoms with van der Waals surface area (Å²) in [4.78, 5) is 0. The van der Waals surface area contributed by atoms with Crippen molar-refractivity contribution in [2.75, 3.05) is 7.05 Å². The van der Waals surface area contributed by atoms with Gasteiger partial charge in [0.1, 0.15) is 5.69 Å². The van der Waals surface area contributed by atoms with Gasteiger partial charge < -0.3 is 5.11 Å². The number of fused-ring (bicyclic) bond motifs is 1. The quantitative estimate of drug-likeness (QED) is 0.594. The molecule has 0 spiro atoms. The number of nitrogens with zero attached hydrogens (tertiary/aromatic N) is 4. The van der Waals surface area contributed by atoms with Gasteiger partial charge in [0.2, 0.25) is 0 Å². The number of phenols is 1. The zero-order chi connectivity index (χ0) is 16.2. The average Bonchev–Trinajstić information content (AvgIpc) is 2.56. The van der Waals surface area contributed by atoms with E-state index in [1.165, 1.54) is 0 Å². The van der Waals surface area contributed by atoms with E-state index in [1.807, 2.05) is 43.3 Å². The molecule has 0 saturated heterocycles. The summed E-state index contributed by atoms with van der Waals surface area (Å²) < 4.78 is 0. The number of phenolic OH excluding ortho intramolecular Hbond substituents is 1. The summed E-state index contributed by atoms with van der Waals surface area (Å²) >= 11 is 0. The highest BCUT2D eigenvalue weighted by Gasteiger charge is 2.06. The van der Waals surface area contributed by atoms with Crippen molar-refractivity contribution < 1.29 is 5.11 Å². The van der Waals surface area contributed by atoms with E-state index in [0.29, 0.717) is 11.4 Å². The zero-order valence-corrected chi connectivity index (χ0v) is 12.9. The van der Waals surface area contributed by atoms with Gasteiger partial charge in [-0.05, 0) is 42.6 Å². The minimum atomic E-state index is 0.141. The third-order valence-electron chi connectivity index (χ3n) is 3.46. The fourth-order valence-electron chi connectivity index (χ4n) is 2.32. The fraction of sp³-hybridized carbons (Fsp3) is 0.111. The molecule has 0 heterocycles. The maximum Gasteiger partial charge on any atom is 0.150 e. The summed E-state index contributed by atoms with van der Waals surface area (Å²) in [5.41, 5.74) is 3.04. The van der Waals surface area contributed by atoms with E-state index >= 15 is 0 Å². The summed E-state index contributed by atoms with van der Waals surface area (Å²) in [7, 11) is 1.62. The Morgan fingerprint density at radius 2 is 1.48 bits per heavy atom. The largest absolute Gasteiger partial charge is 0.505 e. The van der Waals surface area contributed by atoms with Crippen LogP contribution in [0.5, 0.6) is 5.75 Å². The molecule has 0 aliphatic carbocycles. The fourth-order valence-corrected chi connectivity index (χ4v) is 2.32. The minimum Gasteiger partial charge on any atom is -0.505 e. The van der Waals surface area contributed by atoms with E-state index in [4.69, 9.17) is 0 Å². The first-order valence-electron chi connectivity index (χ1n) is 7.21. The molecule has 0 radical (unpaired) electrons. The highest BCUT2D eigenvalue weighted by molar-refractivity contribution is 5.92. The molecule has 0 aliphatic heterocycles. The first-order chi connectivity index (χ1) is 11.2. The predicted molar refractivity (Wildman–Crippen MR) is 91.4 cm³/mol. The number of benzene rings is 3. The number of azo groups is 2. The number of aryl methyl sites for hydroxylation is 1. The zero-order valence-electron chi connectivity index (χ0n) is 12.9. The summed E-state index contributed by atoms with van der Waals surface area (Å²) in [5.74, 6) is 0.141. The highest BCUT2D eigenvalue weighted by atomic mass is 16.3. The molecule has 0 unspecified atom stereocenters. The Kier molecular flexibility index (Phi) is 4.10. The Morgan fingerprint density at radius 1 is 0.783 bits per heavy atom. The Balaban J connectivity index is 1.91. The van der Waals surface area contributed by atoms with E-state index in [2.05, 4.69) is 20.5 Å². The molecule has 0 bridgehead atoms. The van der Waals surface area contributed by atoms with Gasteiger partial charge in [-0.15, -0.1) is 5.11 Å². The molecule has 3 rings (SSSR count). The van der Waals surface area contributed by atoms with Crippen LogP contribution in [0.3, 0.4) is 0 Å². The Hall–Kier alpha value is -3.08. The van der Waals surface area contributed by atoms with Crippen molar-refractivity contribution in [2.24, 2.45) is 20.5 Å². The van der Waals surface area contributed by atoms with Crippen LogP contribution >= 0.6 is 0 Å². The molecule has 0 fully saturated rings. The lowest BCUT2D eigenvalue weighted by Gasteiger charge is -2.04. The molecule has 5 heteroatoms. The molecule has 3 aromatic carbocycles. The molecule has 3 aromatic rings. The molecule has 0 atom stereocenters. The molecular weight excluding hydrogens is 288 g/mol. The number of hydrogen-bond donors (Lipinski definition) is 1. The topological polar surface area (TPSA) is 69.7 Å². The summed E-state index contributed by atoms with van der Waals surface area (Å²) in [6, 6.07) is 16.8. The van der Waals surface area contributed by atoms with Gasteiger partial charge in [-0.1, -0.05) is 29.8 Å². The lowest BCUT2D eigenvalue weighted by Crippen LogP contribution is -1.77. The molecule has 0 amide bonds. The van der Waals surface area contributed by atoms with Crippen LogP contribution < -0.4 is 0 Å². The third-order valence-corrected chi connectivity index (χ3v) is 3.46. The van der Waals surface area contributed by atoms with E-state index < -0.39 is 0 Å². The van der Waals surface area contributed by atoms with E-state index in [-0.39, 0.29) is 5.75 Å². The van der Waals surface area contributed by atoms with Crippen LogP contribution in [0.25, 0.3) is 10.8 Å². The van der Waals surface area contributed by atoms with Gasteiger partial charge in [-0.25, -0.2) is 0 Å². The molecule has 0 saturated carbocycles. The van der Waals surface area contributed by atoms with Gasteiger partial charge in [0, 0.05) is 12.4 Å². The average molecular weight is 304 g/mol. The van der Waals surface area contributed by atoms with Crippen LogP contribution in [0.4, 0.5) is 17.1 Å². The minimum absolute atomic E-state index is 0.141. The van der Waals surface area contributed by atoms with Crippen molar-refractivity contribution in [3.8, 4) is 5.75 Å². The van der Waals surface area contributed by atoms with Crippen molar-refractivity contribution in [3.63, 3.8) is 0 Å². The van der Waals surface area contributed by atoms with Crippen LogP contribution in [0.15, 0.2) is 75.1 Å². The summed E-state index contributed by atoms with van der Waals surface area (Å²) in [6.45, 7) is 2.02. The molecule has 0 aromatic heterocycles. The first kappa shape index (κ1) is 14.8. The number of aromatic hydroxyl groups is 1. The Bertz CT molecular complexity index is 899. The SMILES string of the molecule is CN=Nc1ccc(N=Nc2ccc3cc(C)ccc3c2O)cc1. The summed E-state index contributed by atoms with van der Waals surface area (Å²) in [5, 5.41) is 28.1. The van der Waals surface area contributed by atoms with E-state index in [9.17, 15) is 5.11 Å². The first-order valence-corrected chi connectivity index (χ1v) is 7.21. The predicted octanol–water partition coefficient (Wildman–Crippen LogP) is 5.98. The van der Waals surface area contributed by atoms with Crippen LogP contribution in [0, 0.1) is 6.92 Å². The van der Waals surface area contributed by atoms with Crippen LogP contribution in [0.1, 0.15) is 5.56 Å². The molecule has 1 N–H and O–H groups in total. The second kappa shape index (κ2) is 6.36. The maximum atomic E-state index is 10.4. The van der Waals surface area contributed by atoms with Crippen LogP contribution in [-0.2, 0) is 0 Å². The Labute approximate surface area is 134 Å². The number of rotatable bonds is 3. The monoisotopic (exact) mass is 304 g/mol. The lowest BCUT2D eigenvalue weighted by molar-refractivity contribution is 0.482. The van der Waals surface area contributed by atoms with E-state index in [0.717, 1.165) is 22.0 Å². The van der Waals surface area contributed by atoms with Gasteiger partial charge in [0.25, 0.3) is 0 Å². The summed E-state index contributed by atoms with van der Waals surface area (Å²) in [6.07, 6.45) is 0. The van der Waals surface area contributed by atoms with Gasteiger partial charge in [0.15, 0.2) is 5.75 Å². The van der Waals surface area contributed by atoms with E-state index in [1.54, 1.807) is 25.2 Å². The molecule has 5 nitrogen and oxygen atoms in total. The molecule has 0 aliphatic rings. The standard InChI is InChI=1S/C18H16N4O/c1-12-3-9-16-13(11-12)4-10-17(18(16)23)22-21-15-7-5-14(6-8-15)20-19-2/h3-11,23H,1-2H3. The van der Waals surface area contributed by atoms with Crippen molar-refractivity contribution in [1.82, 2.24) is 0 Å². The second-order valence-corrected chi connectivity index (χ2v) is 5.17. The van der Waals surface area contributed by atoms with Gasteiger partial charge in [-0.2, -0.15) is 15.3 Å². The molecule has 23 heavy (non-hydrogen) atoms. The second-order valence-electron chi connectivity index (χ2n) is 5.17. The smallest absolute Gasteiger partial charge is 0.150 e. The highest BCUT2D eigenvalue weighted by Crippen LogP contribution is 2.36. The third kappa shape index (κ3) is 3.23. The Morgan fingerprint density at radius 3 is 2.17 bits per heavy atom. The van der Waals surface area contributed by atoms with Crippen LogP contribution in [-0.4, -0.2) is 12.2 Å². The van der Waals surface area contributed by atoms with Crippen molar-refractivity contribution >= 4 is 27.8 Å². The number of hydrogen-bond acceptors (Lipinski definition) is 5. The normalized spacial score (nSPS) is 11.7. The van der Waals surface area contributed by atoms with Crippen molar-refractivity contribution in [3.05, 3.63) is 60.2 Å².